The van der Waals surface area contributed by atoms with Gasteiger partial charge in [0.15, 0.2) is 5.17 Å². The molecule has 2 atom stereocenters. The van der Waals surface area contributed by atoms with Crippen molar-refractivity contribution in [2.24, 2.45) is 5.73 Å². The number of hydrogen-bond acceptors (Lipinski definition) is 9. The Kier molecular flexibility index (Phi) is 10.2. The molecule has 202 valence electrons. The highest BCUT2D eigenvalue weighted by atomic mass is 35.5. The molecule has 1 heterocycles. The Balaban J connectivity index is 2.03. The number of rotatable bonds is 9. The van der Waals surface area contributed by atoms with Crippen molar-refractivity contribution in [2.45, 2.75) is 52.3 Å². The predicted octanol–water partition coefficient (Wildman–Crippen LogP) is 2.81. The second kappa shape index (κ2) is 12.7. The van der Waals surface area contributed by atoms with Gasteiger partial charge in [-0.2, -0.15) is 0 Å². The first-order chi connectivity index (χ1) is 17.2. The van der Waals surface area contributed by atoms with Crippen molar-refractivity contribution in [3.05, 3.63) is 33.6 Å². The van der Waals surface area contributed by atoms with Gasteiger partial charge in [0, 0.05) is 16.8 Å². The van der Waals surface area contributed by atoms with E-state index in [2.05, 4.69) is 16.0 Å². The molecule has 0 spiro atoms. The molecule has 14 heteroatoms. The summed E-state index contributed by atoms with van der Waals surface area (Å²) in [5.74, 6) is -0.946. The summed E-state index contributed by atoms with van der Waals surface area (Å²) in [5, 5.41) is 15.2. The highest BCUT2D eigenvalue weighted by molar-refractivity contribution is 8.13. The lowest BCUT2D eigenvalue weighted by atomic mass is 10.1. The van der Waals surface area contributed by atoms with Crippen LogP contribution in [0.25, 0.3) is 10.8 Å². The Morgan fingerprint density at radius 2 is 1.78 bits per heavy atom. The molecule has 0 unspecified atom stereocenters. The molecule has 0 aliphatic heterocycles. The number of thioether (sulfide) groups is 1. The van der Waals surface area contributed by atoms with E-state index in [1.54, 1.807) is 20.8 Å². The van der Waals surface area contributed by atoms with Crippen LogP contribution in [0, 0.1) is 5.41 Å². The van der Waals surface area contributed by atoms with Gasteiger partial charge < -0.3 is 35.6 Å². The number of ether oxygens (including phenoxy) is 2. The van der Waals surface area contributed by atoms with Crippen molar-refractivity contribution in [3.63, 3.8) is 0 Å². The van der Waals surface area contributed by atoms with Crippen LogP contribution >= 0.6 is 23.4 Å². The molecule has 0 bridgehead atoms. The van der Waals surface area contributed by atoms with Gasteiger partial charge in [-0.25, -0.2) is 9.59 Å². The number of hydrogen-bond donors (Lipinski definition) is 5. The van der Waals surface area contributed by atoms with Gasteiger partial charge in [-0.05, 0) is 46.8 Å². The summed E-state index contributed by atoms with van der Waals surface area (Å²) in [6, 6.07) is 2.53. The lowest BCUT2D eigenvalue weighted by Gasteiger charge is -2.22. The van der Waals surface area contributed by atoms with Gasteiger partial charge in [0.1, 0.15) is 29.3 Å². The monoisotopic (exact) mass is 555 g/mol. The lowest BCUT2D eigenvalue weighted by molar-refractivity contribution is -0.127. The first kappa shape index (κ1) is 29.8. The van der Waals surface area contributed by atoms with E-state index in [1.165, 1.54) is 32.0 Å². The summed E-state index contributed by atoms with van der Waals surface area (Å²) in [6.07, 6.45) is -0.760. The van der Waals surface area contributed by atoms with Crippen LogP contribution in [0.15, 0.2) is 27.4 Å². The van der Waals surface area contributed by atoms with Gasteiger partial charge in [0.2, 0.25) is 11.8 Å². The summed E-state index contributed by atoms with van der Waals surface area (Å²) in [6.45, 7) is 8.11. The third kappa shape index (κ3) is 9.17. The number of halogens is 1. The summed E-state index contributed by atoms with van der Waals surface area (Å²) in [4.78, 5) is 49.3. The molecular formula is C23H30ClN5O7S. The summed E-state index contributed by atoms with van der Waals surface area (Å²) in [5.41, 5.74) is 4.08. The van der Waals surface area contributed by atoms with E-state index in [1.807, 2.05) is 0 Å². The maximum absolute atomic E-state index is 12.6. The topological polar surface area (TPSA) is 186 Å². The van der Waals surface area contributed by atoms with E-state index in [4.69, 9.17) is 36.6 Å². The highest BCUT2D eigenvalue weighted by Crippen LogP contribution is 2.32. The molecule has 0 aliphatic carbocycles. The fourth-order valence-corrected chi connectivity index (χ4v) is 3.50. The second-order valence-electron chi connectivity index (χ2n) is 8.90. The van der Waals surface area contributed by atoms with E-state index in [0.29, 0.717) is 11.1 Å². The quantitative estimate of drug-likeness (QED) is 0.176. The Hall–Kier alpha value is -3.45. The maximum atomic E-state index is 12.6. The summed E-state index contributed by atoms with van der Waals surface area (Å²) >= 11 is 7.38. The Labute approximate surface area is 222 Å². The molecule has 1 aromatic carbocycles. The summed E-state index contributed by atoms with van der Waals surface area (Å²) < 4.78 is 15.7. The first-order valence-electron chi connectivity index (χ1n) is 11.1. The standard InChI is InChI=1S/C23H30ClN5O7S/c1-11(27-17(30)12(2)28-22(33)36-23(3,4)5)18(31)29-13-6-7-14-15(10-13)19(32)35-20(16(14)24)34-8-9-37-21(25)26/h6-7,10-12H,8-9H2,1-5H3,(H3,25,26)(H,27,30)(H,28,33)(H,29,31)/t11-,12-/m0/s1. The Bertz CT molecular complexity index is 1240. The predicted molar refractivity (Wildman–Crippen MR) is 142 cm³/mol. The highest BCUT2D eigenvalue weighted by Gasteiger charge is 2.24. The van der Waals surface area contributed by atoms with Gasteiger partial charge in [0.05, 0.1) is 5.39 Å². The van der Waals surface area contributed by atoms with E-state index in [9.17, 15) is 19.2 Å². The van der Waals surface area contributed by atoms with Crippen LogP contribution in [0.2, 0.25) is 5.02 Å². The van der Waals surface area contributed by atoms with Crippen LogP contribution in [0.1, 0.15) is 34.6 Å². The van der Waals surface area contributed by atoms with Gasteiger partial charge in [-0.15, -0.1) is 0 Å². The molecular weight excluding hydrogens is 526 g/mol. The minimum absolute atomic E-state index is 0.0647. The zero-order valence-corrected chi connectivity index (χ0v) is 22.6. The zero-order valence-electron chi connectivity index (χ0n) is 21.0. The number of benzene rings is 1. The molecule has 0 radical (unpaired) electrons. The average Bonchev–Trinajstić information content (AvgIpc) is 2.78. The van der Waals surface area contributed by atoms with Crippen LogP contribution in [-0.2, 0) is 14.3 Å². The fraction of sp³-hybridized carbons (Fsp3) is 0.435. The number of carbonyl (C=O) groups excluding carboxylic acids is 3. The molecule has 12 nitrogen and oxygen atoms in total. The number of nitrogens with two attached hydrogens (primary N) is 1. The Morgan fingerprint density at radius 3 is 2.41 bits per heavy atom. The van der Waals surface area contributed by atoms with E-state index in [-0.39, 0.29) is 33.8 Å². The van der Waals surface area contributed by atoms with Crippen molar-refractivity contribution < 1.29 is 28.3 Å². The minimum atomic E-state index is -0.963. The van der Waals surface area contributed by atoms with Crippen LogP contribution in [0.4, 0.5) is 10.5 Å². The molecule has 6 N–H and O–H groups in total. The smallest absolute Gasteiger partial charge is 0.408 e. The van der Waals surface area contributed by atoms with Crippen molar-refractivity contribution in [2.75, 3.05) is 17.7 Å². The SMILES string of the molecule is C[C@H](NC(=O)OC(C)(C)C)C(=O)N[C@@H](C)C(=O)Nc1ccc2c(Cl)c(OCCSC(=N)N)oc(=O)c2c1. The number of amidine groups is 1. The van der Waals surface area contributed by atoms with Crippen LogP contribution in [0.5, 0.6) is 5.95 Å². The van der Waals surface area contributed by atoms with E-state index >= 15 is 0 Å². The molecule has 0 saturated carbocycles. The van der Waals surface area contributed by atoms with Crippen LogP contribution in [-0.4, -0.2) is 53.1 Å². The van der Waals surface area contributed by atoms with Gasteiger partial charge >= 0.3 is 17.7 Å². The van der Waals surface area contributed by atoms with Crippen molar-refractivity contribution in [1.29, 1.82) is 5.41 Å². The number of amides is 3. The summed E-state index contributed by atoms with van der Waals surface area (Å²) in [7, 11) is 0. The second-order valence-corrected chi connectivity index (χ2v) is 10.4. The molecule has 0 fully saturated rings. The number of nitrogens with one attached hydrogen (secondary N) is 4. The van der Waals surface area contributed by atoms with Crippen molar-refractivity contribution >= 4 is 62.9 Å². The molecule has 1 aromatic heterocycles. The maximum Gasteiger partial charge on any atom is 0.408 e. The fourth-order valence-electron chi connectivity index (χ4n) is 2.86. The van der Waals surface area contributed by atoms with Crippen molar-refractivity contribution in [3.8, 4) is 5.95 Å². The molecule has 0 saturated heterocycles. The number of alkyl carbamates (subject to hydrolysis) is 1. The zero-order chi connectivity index (χ0) is 27.9. The van der Waals surface area contributed by atoms with Crippen LogP contribution in [0.3, 0.4) is 0 Å². The number of carbonyl (C=O) groups is 3. The number of anilines is 1. The third-order valence-corrected chi connectivity index (χ3v) is 5.60. The molecule has 2 aromatic rings. The first-order valence-corrected chi connectivity index (χ1v) is 12.5. The normalized spacial score (nSPS) is 12.8. The Morgan fingerprint density at radius 1 is 1.14 bits per heavy atom. The van der Waals surface area contributed by atoms with E-state index < -0.39 is 41.2 Å². The van der Waals surface area contributed by atoms with Crippen LogP contribution < -0.4 is 32.0 Å². The minimum Gasteiger partial charge on any atom is -0.463 e. The lowest BCUT2D eigenvalue weighted by Crippen LogP contribution is -2.51. The average molecular weight is 556 g/mol. The van der Waals surface area contributed by atoms with E-state index in [0.717, 1.165) is 11.8 Å². The molecule has 2 rings (SSSR count). The molecule has 0 aliphatic rings. The largest absolute Gasteiger partial charge is 0.463 e. The van der Waals surface area contributed by atoms with Gasteiger partial charge in [0.25, 0.3) is 0 Å². The molecule has 37 heavy (non-hydrogen) atoms. The van der Waals surface area contributed by atoms with Gasteiger partial charge in [-0.1, -0.05) is 29.4 Å². The van der Waals surface area contributed by atoms with Crippen molar-refractivity contribution in [1.82, 2.24) is 10.6 Å². The van der Waals surface area contributed by atoms with Gasteiger partial charge in [-0.3, -0.25) is 15.0 Å². The number of fused-ring (bicyclic) bond motifs is 1. The third-order valence-electron chi connectivity index (χ3n) is 4.56. The molecule has 3 amide bonds.